The minimum absolute atomic E-state index is 0.135. The predicted molar refractivity (Wildman–Crippen MR) is 93.6 cm³/mol. The Morgan fingerprint density at radius 1 is 1.04 bits per heavy atom. The lowest BCUT2D eigenvalue weighted by molar-refractivity contribution is -0.274. The van der Waals surface area contributed by atoms with Crippen LogP contribution in [0.2, 0.25) is 0 Å². The van der Waals surface area contributed by atoms with Crippen LogP contribution in [0.3, 0.4) is 0 Å². The summed E-state index contributed by atoms with van der Waals surface area (Å²) in [4.78, 5) is 11.9. The zero-order valence-electron chi connectivity index (χ0n) is 14.7. The lowest BCUT2D eigenvalue weighted by Gasteiger charge is -2.11. The van der Waals surface area contributed by atoms with Gasteiger partial charge in [-0.15, -0.1) is 13.2 Å². The number of nitrogens with one attached hydrogen (secondary N) is 1. The van der Waals surface area contributed by atoms with Crippen molar-refractivity contribution >= 4 is 12.0 Å². The van der Waals surface area contributed by atoms with E-state index in [1.54, 1.807) is 24.3 Å². The van der Waals surface area contributed by atoms with Gasteiger partial charge in [0.25, 0.3) is 0 Å². The van der Waals surface area contributed by atoms with Crippen LogP contribution in [0.4, 0.5) is 13.2 Å². The number of amides is 1. The van der Waals surface area contributed by atoms with Crippen molar-refractivity contribution < 1.29 is 32.2 Å². The fourth-order valence-electron chi connectivity index (χ4n) is 2.24. The maximum Gasteiger partial charge on any atom is 0.573 e. The fraction of sp³-hybridized carbons (Fsp3) is 0.211. The van der Waals surface area contributed by atoms with E-state index in [4.69, 9.17) is 9.47 Å². The molecule has 0 saturated heterocycles. The van der Waals surface area contributed by atoms with Crippen molar-refractivity contribution in [3.05, 3.63) is 59.7 Å². The van der Waals surface area contributed by atoms with E-state index < -0.39 is 12.3 Å². The van der Waals surface area contributed by atoms with E-state index in [1.807, 2.05) is 0 Å². The van der Waals surface area contributed by atoms with Gasteiger partial charge in [-0.05, 0) is 29.8 Å². The Labute approximate surface area is 154 Å². The molecule has 1 amide bonds. The molecule has 2 aromatic rings. The molecule has 2 rings (SSSR count). The number of halogens is 3. The minimum atomic E-state index is -4.81. The number of carbonyl (C=O) groups excluding carboxylic acids is 1. The molecule has 0 aromatic heterocycles. The van der Waals surface area contributed by atoms with Crippen LogP contribution in [0.15, 0.2) is 48.5 Å². The summed E-state index contributed by atoms with van der Waals surface area (Å²) in [7, 11) is 3.02. The summed E-state index contributed by atoms with van der Waals surface area (Å²) >= 11 is 0. The topological polar surface area (TPSA) is 56.8 Å². The first-order valence-electron chi connectivity index (χ1n) is 7.84. The molecular weight excluding hydrogens is 363 g/mol. The Hall–Kier alpha value is -3.16. The van der Waals surface area contributed by atoms with E-state index in [0.717, 1.165) is 11.6 Å². The molecule has 0 atom stereocenters. The molecular formula is C19H18F3NO4. The molecule has 1 N–H and O–H groups in total. The van der Waals surface area contributed by atoms with Gasteiger partial charge in [-0.2, -0.15) is 0 Å². The van der Waals surface area contributed by atoms with Crippen molar-refractivity contribution in [2.75, 3.05) is 14.2 Å². The van der Waals surface area contributed by atoms with Crippen LogP contribution in [0.25, 0.3) is 6.08 Å². The number of para-hydroxylation sites is 1. The van der Waals surface area contributed by atoms with Gasteiger partial charge in [-0.1, -0.05) is 24.3 Å². The molecule has 5 nitrogen and oxygen atoms in total. The van der Waals surface area contributed by atoms with Crippen LogP contribution >= 0.6 is 0 Å². The first-order valence-corrected chi connectivity index (χ1v) is 7.84. The highest BCUT2D eigenvalue weighted by Crippen LogP contribution is 2.28. The van der Waals surface area contributed by atoms with Gasteiger partial charge in [0.2, 0.25) is 5.91 Å². The normalized spacial score (nSPS) is 11.3. The van der Waals surface area contributed by atoms with Crippen LogP contribution in [-0.4, -0.2) is 26.5 Å². The molecule has 0 aliphatic rings. The SMILES string of the molecule is COc1ccc(CNC(=O)/C=C/c2ccccc2OC(F)(F)F)cc1OC. The fourth-order valence-corrected chi connectivity index (χ4v) is 2.24. The number of hydrogen-bond acceptors (Lipinski definition) is 4. The maximum atomic E-state index is 12.4. The molecule has 2 aromatic carbocycles. The van der Waals surface area contributed by atoms with Crippen LogP contribution < -0.4 is 19.5 Å². The van der Waals surface area contributed by atoms with E-state index in [-0.39, 0.29) is 17.9 Å². The highest BCUT2D eigenvalue weighted by Gasteiger charge is 2.31. The Bertz CT molecular complexity index is 819. The molecule has 144 valence electrons. The second kappa shape index (κ2) is 8.98. The van der Waals surface area contributed by atoms with Gasteiger partial charge in [0, 0.05) is 18.2 Å². The van der Waals surface area contributed by atoms with E-state index >= 15 is 0 Å². The van der Waals surface area contributed by atoms with Gasteiger partial charge in [-0.25, -0.2) is 0 Å². The highest BCUT2D eigenvalue weighted by molar-refractivity contribution is 5.92. The Morgan fingerprint density at radius 3 is 2.41 bits per heavy atom. The standard InChI is InChI=1S/C19H18F3NO4/c1-25-16-9-7-13(11-17(16)26-2)12-23-18(24)10-8-14-5-3-4-6-15(14)27-19(20,21)22/h3-11H,12H2,1-2H3,(H,23,24)/b10-8+. The second-order valence-electron chi connectivity index (χ2n) is 5.33. The van der Waals surface area contributed by atoms with Crippen molar-refractivity contribution in [3.63, 3.8) is 0 Å². The summed E-state index contributed by atoms with van der Waals surface area (Å²) in [5, 5.41) is 2.64. The summed E-state index contributed by atoms with van der Waals surface area (Å²) in [6, 6.07) is 10.7. The number of benzene rings is 2. The highest BCUT2D eigenvalue weighted by atomic mass is 19.4. The number of rotatable bonds is 7. The summed E-state index contributed by atoms with van der Waals surface area (Å²) in [6.07, 6.45) is -2.41. The summed E-state index contributed by atoms with van der Waals surface area (Å²) in [6.45, 7) is 0.213. The molecule has 0 aliphatic carbocycles. The van der Waals surface area contributed by atoms with Gasteiger partial charge in [-0.3, -0.25) is 4.79 Å². The molecule has 0 saturated carbocycles. The molecule has 0 heterocycles. The van der Waals surface area contributed by atoms with Crippen molar-refractivity contribution in [1.82, 2.24) is 5.32 Å². The van der Waals surface area contributed by atoms with Gasteiger partial charge in [0.15, 0.2) is 11.5 Å². The Morgan fingerprint density at radius 2 is 1.74 bits per heavy atom. The van der Waals surface area contributed by atoms with E-state index in [2.05, 4.69) is 10.1 Å². The van der Waals surface area contributed by atoms with Crippen molar-refractivity contribution in [2.45, 2.75) is 12.9 Å². The molecule has 0 unspecified atom stereocenters. The number of hydrogen-bond donors (Lipinski definition) is 1. The Kier molecular flexibility index (Phi) is 6.70. The largest absolute Gasteiger partial charge is 0.573 e. The van der Waals surface area contributed by atoms with Crippen LogP contribution in [0.5, 0.6) is 17.2 Å². The quantitative estimate of drug-likeness (QED) is 0.739. The van der Waals surface area contributed by atoms with Gasteiger partial charge in [0.1, 0.15) is 5.75 Å². The summed E-state index contributed by atoms with van der Waals surface area (Å²) in [5.74, 6) is 0.243. The number of alkyl halides is 3. The van der Waals surface area contributed by atoms with Gasteiger partial charge in [0.05, 0.1) is 14.2 Å². The third-order valence-corrected chi connectivity index (χ3v) is 3.47. The maximum absolute atomic E-state index is 12.4. The van der Waals surface area contributed by atoms with Crippen molar-refractivity contribution in [3.8, 4) is 17.2 Å². The van der Waals surface area contributed by atoms with Crippen molar-refractivity contribution in [1.29, 1.82) is 0 Å². The van der Waals surface area contributed by atoms with Crippen LogP contribution in [0, 0.1) is 0 Å². The van der Waals surface area contributed by atoms with Crippen LogP contribution in [-0.2, 0) is 11.3 Å². The van der Waals surface area contributed by atoms with E-state index in [0.29, 0.717) is 11.5 Å². The molecule has 27 heavy (non-hydrogen) atoms. The zero-order valence-corrected chi connectivity index (χ0v) is 14.7. The molecule has 0 aliphatic heterocycles. The second-order valence-corrected chi connectivity index (χ2v) is 5.33. The first kappa shape index (κ1) is 20.2. The smallest absolute Gasteiger partial charge is 0.493 e. The monoisotopic (exact) mass is 381 g/mol. The molecule has 0 bridgehead atoms. The third-order valence-electron chi connectivity index (χ3n) is 3.47. The zero-order chi connectivity index (χ0) is 19.9. The average Bonchev–Trinajstić information content (AvgIpc) is 2.64. The third kappa shape index (κ3) is 6.25. The number of ether oxygens (including phenoxy) is 3. The lowest BCUT2D eigenvalue weighted by Crippen LogP contribution is -2.20. The van der Waals surface area contributed by atoms with E-state index in [9.17, 15) is 18.0 Å². The molecule has 0 spiro atoms. The Balaban J connectivity index is 2.00. The van der Waals surface area contributed by atoms with Crippen LogP contribution in [0.1, 0.15) is 11.1 Å². The van der Waals surface area contributed by atoms with Crippen molar-refractivity contribution in [2.24, 2.45) is 0 Å². The van der Waals surface area contributed by atoms with Gasteiger partial charge >= 0.3 is 6.36 Å². The molecule has 0 radical (unpaired) electrons. The summed E-state index contributed by atoms with van der Waals surface area (Å²) < 4.78 is 51.5. The number of carbonyl (C=O) groups is 1. The van der Waals surface area contributed by atoms with E-state index in [1.165, 1.54) is 38.5 Å². The first-order chi connectivity index (χ1) is 12.8. The molecule has 0 fully saturated rings. The predicted octanol–water partition coefficient (Wildman–Crippen LogP) is 3.93. The average molecular weight is 381 g/mol. The lowest BCUT2D eigenvalue weighted by atomic mass is 10.2. The number of methoxy groups -OCH3 is 2. The molecule has 8 heteroatoms. The van der Waals surface area contributed by atoms with Gasteiger partial charge < -0.3 is 19.5 Å². The minimum Gasteiger partial charge on any atom is -0.493 e. The summed E-state index contributed by atoms with van der Waals surface area (Å²) in [5.41, 5.74) is 0.909.